The summed E-state index contributed by atoms with van der Waals surface area (Å²) >= 11 is 12.4. The third-order valence-corrected chi connectivity index (χ3v) is 6.32. The Morgan fingerprint density at radius 1 is 0.892 bits per heavy atom. The number of amides is 1. The van der Waals surface area contributed by atoms with E-state index in [1.807, 2.05) is 78.9 Å². The van der Waals surface area contributed by atoms with Crippen molar-refractivity contribution < 1.29 is 9.53 Å². The van der Waals surface area contributed by atoms with Gasteiger partial charge in [-0.15, -0.1) is 0 Å². The number of hydrogen-bond acceptors (Lipinski definition) is 4. The van der Waals surface area contributed by atoms with Gasteiger partial charge in [0.05, 0.1) is 23.0 Å². The summed E-state index contributed by atoms with van der Waals surface area (Å²) in [5.74, 6) is 0.204. The number of nitrogens with one attached hydrogen (secondary N) is 1. The number of aromatic nitrogens is 1. The summed E-state index contributed by atoms with van der Waals surface area (Å²) in [5.41, 5.74) is 6.93. The van der Waals surface area contributed by atoms with E-state index >= 15 is 0 Å². The highest BCUT2D eigenvalue weighted by Crippen LogP contribution is 2.26. The van der Waals surface area contributed by atoms with Gasteiger partial charge < -0.3 is 4.74 Å². The normalized spacial score (nSPS) is 11.1. The lowest BCUT2D eigenvalue weighted by Crippen LogP contribution is -2.18. The molecule has 0 aliphatic heterocycles. The standard InChI is InChI=1S/C30H21Cl2N3O2/c31-23-14-15-29(37-19-21-10-4-6-12-26(21)32)22(16-23)18-33-35-30(36)25-17-28(20-8-2-1-3-9-20)34-27-13-7-5-11-24(25)27/h1-18H,19H2,(H,35,36)/b33-18-. The molecule has 0 saturated carbocycles. The molecule has 0 aliphatic carbocycles. The molecule has 0 spiro atoms. The molecule has 0 fully saturated rings. The summed E-state index contributed by atoms with van der Waals surface area (Å²) in [5, 5.41) is 6.07. The van der Waals surface area contributed by atoms with Gasteiger partial charge in [-0.05, 0) is 36.4 Å². The van der Waals surface area contributed by atoms with Gasteiger partial charge in [0, 0.05) is 32.1 Å². The van der Waals surface area contributed by atoms with Crippen LogP contribution in [-0.2, 0) is 6.61 Å². The molecule has 0 atom stereocenters. The summed E-state index contributed by atoms with van der Waals surface area (Å²) in [4.78, 5) is 17.9. The molecule has 5 rings (SSSR count). The zero-order valence-corrected chi connectivity index (χ0v) is 21.1. The minimum absolute atomic E-state index is 0.278. The first-order valence-corrected chi connectivity index (χ1v) is 12.3. The Bertz CT molecular complexity index is 1600. The van der Waals surface area contributed by atoms with E-state index in [1.54, 1.807) is 24.3 Å². The van der Waals surface area contributed by atoms with Crippen molar-refractivity contribution in [1.29, 1.82) is 0 Å². The Hall–Kier alpha value is -4.19. The van der Waals surface area contributed by atoms with Crippen molar-refractivity contribution in [3.8, 4) is 17.0 Å². The highest BCUT2D eigenvalue weighted by molar-refractivity contribution is 6.31. The van der Waals surface area contributed by atoms with Crippen LogP contribution in [0.25, 0.3) is 22.2 Å². The molecule has 182 valence electrons. The van der Waals surface area contributed by atoms with Gasteiger partial charge >= 0.3 is 0 Å². The molecule has 4 aromatic carbocycles. The van der Waals surface area contributed by atoms with Gasteiger partial charge in [-0.1, -0.05) is 89.9 Å². The van der Waals surface area contributed by atoms with Gasteiger partial charge in [0.2, 0.25) is 0 Å². The molecule has 1 N–H and O–H groups in total. The topological polar surface area (TPSA) is 63.6 Å². The SMILES string of the molecule is O=C(N/N=C\c1cc(Cl)ccc1OCc1ccccc1Cl)c1cc(-c2ccccc2)nc2ccccc12. The van der Waals surface area contributed by atoms with Gasteiger partial charge in [-0.25, -0.2) is 10.4 Å². The Morgan fingerprint density at radius 2 is 1.65 bits per heavy atom. The molecule has 0 unspecified atom stereocenters. The number of carbonyl (C=O) groups is 1. The quantitative estimate of drug-likeness (QED) is 0.176. The zero-order chi connectivity index (χ0) is 25.6. The number of fused-ring (bicyclic) bond motifs is 1. The number of rotatable bonds is 7. The fourth-order valence-electron chi connectivity index (χ4n) is 3.86. The van der Waals surface area contributed by atoms with Crippen LogP contribution in [0.1, 0.15) is 21.5 Å². The molecule has 1 heterocycles. The molecule has 5 nitrogen and oxygen atoms in total. The van der Waals surface area contributed by atoms with E-state index in [9.17, 15) is 4.79 Å². The Morgan fingerprint density at radius 3 is 2.49 bits per heavy atom. The monoisotopic (exact) mass is 525 g/mol. The van der Waals surface area contributed by atoms with E-state index in [0.717, 1.165) is 22.0 Å². The van der Waals surface area contributed by atoms with Crippen LogP contribution in [0.2, 0.25) is 10.0 Å². The van der Waals surface area contributed by atoms with Crippen LogP contribution in [-0.4, -0.2) is 17.1 Å². The molecule has 5 aromatic rings. The fraction of sp³-hybridized carbons (Fsp3) is 0.0333. The van der Waals surface area contributed by atoms with E-state index in [-0.39, 0.29) is 12.5 Å². The van der Waals surface area contributed by atoms with Crippen LogP contribution >= 0.6 is 23.2 Å². The van der Waals surface area contributed by atoms with Crippen LogP contribution < -0.4 is 10.2 Å². The Balaban J connectivity index is 1.38. The van der Waals surface area contributed by atoms with Gasteiger partial charge in [0.25, 0.3) is 5.91 Å². The number of benzene rings is 4. The van der Waals surface area contributed by atoms with Crippen molar-refractivity contribution in [2.45, 2.75) is 6.61 Å². The summed E-state index contributed by atoms with van der Waals surface area (Å²) < 4.78 is 5.97. The minimum Gasteiger partial charge on any atom is -0.488 e. The minimum atomic E-state index is -0.354. The lowest BCUT2D eigenvalue weighted by atomic mass is 10.0. The summed E-state index contributed by atoms with van der Waals surface area (Å²) in [6.45, 7) is 0.278. The van der Waals surface area contributed by atoms with Crippen LogP contribution in [0.3, 0.4) is 0 Å². The maximum Gasteiger partial charge on any atom is 0.272 e. The number of hydrogen-bond donors (Lipinski definition) is 1. The molecule has 7 heteroatoms. The van der Waals surface area contributed by atoms with Gasteiger partial charge in [0.15, 0.2) is 0 Å². The maximum absolute atomic E-state index is 13.2. The second-order valence-corrected chi connectivity index (χ2v) is 9.04. The number of halogens is 2. The lowest BCUT2D eigenvalue weighted by Gasteiger charge is -2.11. The molecule has 0 aliphatic rings. The number of pyridine rings is 1. The van der Waals surface area contributed by atoms with Crippen LogP contribution in [0.4, 0.5) is 0 Å². The number of ether oxygens (including phenoxy) is 1. The van der Waals surface area contributed by atoms with Crippen molar-refractivity contribution in [3.05, 3.63) is 130 Å². The van der Waals surface area contributed by atoms with Crippen molar-refractivity contribution in [2.75, 3.05) is 0 Å². The first-order chi connectivity index (χ1) is 18.1. The molecule has 1 aromatic heterocycles. The van der Waals surface area contributed by atoms with Crippen LogP contribution in [0.5, 0.6) is 5.75 Å². The van der Waals surface area contributed by atoms with Crippen molar-refractivity contribution in [2.24, 2.45) is 5.10 Å². The second-order valence-electron chi connectivity index (χ2n) is 8.20. The first-order valence-electron chi connectivity index (χ1n) is 11.5. The smallest absolute Gasteiger partial charge is 0.272 e. The summed E-state index contributed by atoms with van der Waals surface area (Å²) in [6.07, 6.45) is 1.51. The number of para-hydroxylation sites is 1. The fourth-order valence-corrected chi connectivity index (χ4v) is 4.23. The van der Waals surface area contributed by atoms with Gasteiger partial charge in [-0.2, -0.15) is 5.10 Å². The number of hydrazone groups is 1. The lowest BCUT2D eigenvalue weighted by molar-refractivity contribution is 0.0956. The predicted octanol–water partition coefficient (Wildman–Crippen LogP) is 7.55. The summed E-state index contributed by atoms with van der Waals surface area (Å²) in [7, 11) is 0. The van der Waals surface area contributed by atoms with Gasteiger partial charge in [0.1, 0.15) is 12.4 Å². The Kier molecular flexibility index (Phi) is 7.45. The number of carbonyl (C=O) groups excluding carboxylic acids is 1. The third kappa shape index (κ3) is 5.80. The van der Waals surface area contributed by atoms with E-state index in [4.69, 9.17) is 32.9 Å². The summed E-state index contributed by atoms with van der Waals surface area (Å²) in [6, 6.07) is 31.7. The maximum atomic E-state index is 13.2. The molecular formula is C30H21Cl2N3O2. The average Bonchev–Trinajstić information content (AvgIpc) is 2.93. The highest BCUT2D eigenvalue weighted by Gasteiger charge is 2.14. The van der Waals surface area contributed by atoms with E-state index < -0.39 is 0 Å². The first kappa shape index (κ1) is 24.5. The van der Waals surface area contributed by atoms with Gasteiger partial charge in [-0.3, -0.25) is 4.79 Å². The largest absolute Gasteiger partial charge is 0.488 e. The molecular weight excluding hydrogens is 505 g/mol. The van der Waals surface area contributed by atoms with E-state index in [0.29, 0.717) is 32.6 Å². The molecule has 0 bridgehead atoms. The average molecular weight is 526 g/mol. The molecule has 0 saturated heterocycles. The zero-order valence-electron chi connectivity index (χ0n) is 19.6. The molecule has 0 radical (unpaired) electrons. The molecule has 1 amide bonds. The number of nitrogens with zero attached hydrogens (tertiary/aromatic N) is 2. The van der Waals surface area contributed by atoms with E-state index in [1.165, 1.54) is 6.21 Å². The van der Waals surface area contributed by atoms with Crippen molar-refractivity contribution in [1.82, 2.24) is 10.4 Å². The van der Waals surface area contributed by atoms with Crippen LogP contribution in [0.15, 0.2) is 108 Å². The van der Waals surface area contributed by atoms with Crippen molar-refractivity contribution in [3.63, 3.8) is 0 Å². The van der Waals surface area contributed by atoms with Crippen LogP contribution in [0, 0.1) is 0 Å². The predicted molar refractivity (Wildman–Crippen MR) is 149 cm³/mol. The third-order valence-electron chi connectivity index (χ3n) is 5.71. The Labute approximate surface area is 224 Å². The van der Waals surface area contributed by atoms with E-state index in [2.05, 4.69) is 10.5 Å². The molecule has 37 heavy (non-hydrogen) atoms. The second kappa shape index (κ2) is 11.2. The highest BCUT2D eigenvalue weighted by atomic mass is 35.5. The van der Waals surface area contributed by atoms with Crippen molar-refractivity contribution >= 4 is 46.2 Å².